The number of aromatic nitrogens is 1. The third-order valence-electron chi connectivity index (χ3n) is 5.66. The Balaban J connectivity index is 1.55. The second-order valence-corrected chi connectivity index (χ2v) is 7.97. The highest BCUT2D eigenvalue weighted by molar-refractivity contribution is 6.31. The van der Waals surface area contributed by atoms with Gasteiger partial charge in [0.2, 0.25) is 0 Å². The average molecular weight is 419 g/mol. The number of hydrogen-bond donors (Lipinski definition) is 1. The molecule has 3 aromatic rings. The van der Waals surface area contributed by atoms with E-state index >= 15 is 0 Å². The van der Waals surface area contributed by atoms with E-state index in [1.807, 2.05) is 29.2 Å². The van der Waals surface area contributed by atoms with Gasteiger partial charge in [-0.15, -0.1) is 0 Å². The second-order valence-electron chi connectivity index (χ2n) is 7.53. The summed E-state index contributed by atoms with van der Waals surface area (Å²) in [6.07, 6.45) is 1.69. The first-order valence-electron chi connectivity index (χ1n) is 9.92. The van der Waals surface area contributed by atoms with Gasteiger partial charge < -0.3 is 15.0 Å². The molecule has 1 N–H and O–H groups in total. The summed E-state index contributed by atoms with van der Waals surface area (Å²) in [5.74, 6) is 0.720. The minimum Gasteiger partial charge on any atom is -0.479 e. The number of carbonyl (C=O) groups excluding carboxylic acids is 1. The lowest BCUT2D eigenvalue weighted by molar-refractivity contribution is -0.138. The van der Waals surface area contributed by atoms with Crippen molar-refractivity contribution >= 4 is 28.4 Å². The number of hydrogen-bond acceptors (Lipinski definition) is 5. The van der Waals surface area contributed by atoms with E-state index in [1.165, 1.54) is 0 Å². The zero-order valence-electron chi connectivity index (χ0n) is 16.2. The molecule has 7 heteroatoms. The highest BCUT2D eigenvalue weighted by Gasteiger charge is 2.35. The molecule has 5 rings (SSSR count). The van der Waals surface area contributed by atoms with Gasteiger partial charge in [0.05, 0.1) is 17.1 Å². The number of benzene rings is 2. The Labute approximate surface area is 179 Å². The van der Waals surface area contributed by atoms with E-state index in [9.17, 15) is 10.1 Å². The Morgan fingerprint density at radius 2 is 2.03 bits per heavy atom. The summed E-state index contributed by atoms with van der Waals surface area (Å²) >= 11 is 6.44. The van der Waals surface area contributed by atoms with Crippen LogP contribution >= 0.6 is 11.6 Å². The summed E-state index contributed by atoms with van der Waals surface area (Å²) in [4.78, 5) is 19.2. The number of ether oxygens (including phenoxy) is 1. The molecule has 0 unspecified atom stereocenters. The molecule has 0 bridgehead atoms. The fraction of sp³-hybridized carbons (Fsp3) is 0.261. The minimum absolute atomic E-state index is 0.0213. The maximum atomic E-state index is 13.0. The number of nitrogens with one attached hydrogen (secondary N) is 1. The minimum atomic E-state index is -0.534. The molecule has 3 heterocycles. The maximum Gasteiger partial charge on any atom is 0.264 e. The van der Waals surface area contributed by atoms with Crippen molar-refractivity contribution < 1.29 is 9.53 Å². The number of rotatable bonds is 2. The van der Waals surface area contributed by atoms with Crippen LogP contribution in [0.15, 0.2) is 42.6 Å². The molecular weight excluding hydrogens is 400 g/mol. The molecule has 150 valence electrons. The number of piperazine rings is 1. The van der Waals surface area contributed by atoms with Crippen molar-refractivity contribution in [2.75, 3.05) is 26.2 Å². The molecule has 1 fully saturated rings. The highest BCUT2D eigenvalue weighted by Crippen LogP contribution is 2.43. The Morgan fingerprint density at radius 3 is 2.83 bits per heavy atom. The Bertz CT molecular complexity index is 1200. The largest absolute Gasteiger partial charge is 0.479 e. The lowest BCUT2D eigenvalue weighted by atomic mass is 9.97. The van der Waals surface area contributed by atoms with E-state index in [4.69, 9.17) is 16.3 Å². The molecule has 0 spiro atoms. The van der Waals surface area contributed by atoms with Gasteiger partial charge in [0.1, 0.15) is 5.75 Å². The van der Waals surface area contributed by atoms with Gasteiger partial charge in [-0.1, -0.05) is 17.7 Å². The van der Waals surface area contributed by atoms with Crippen LogP contribution < -0.4 is 10.1 Å². The molecule has 0 radical (unpaired) electrons. The first-order chi connectivity index (χ1) is 14.6. The number of pyridine rings is 1. The third kappa shape index (κ3) is 3.26. The first-order valence-corrected chi connectivity index (χ1v) is 10.3. The van der Waals surface area contributed by atoms with Crippen molar-refractivity contribution in [3.8, 4) is 22.9 Å². The van der Waals surface area contributed by atoms with Crippen LogP contribution in [0.1, 0.15) is 11.1 Å². The standard InChI is InChI=1S/C23H19ClN4O2/c24-16-10-15-11-21(23(29)28-7-5-26-6-8-28)30-22(15)19(12-16)17-3-4-27-20-9-14(13-25)1-2-18(17)20/h1-4,9-10,12,21,26H,5-8,11H2/t21-/m0/s1. The number of carbonyl (C=O) groups is 1. The van der Waals surface area contributed by atoms with Gasteiger partial charge in [0.25, 0.3) is 5.91 Å². The van der Waals surface area contributed by atoms with Crippen LogP contribution in [0.5, 0.6) is 5.75 Å². The molecule has 0 saturated carbocycles. The summed E-state index contributed by atoms with van der Waals surface area (Å²) in [6.45, 7) is 2.99. The average Bonchev–Trinajstić information content (AvgIpc) is 3.21. The number of nitrogens with zero attached hydrogens (tertiary/aromatic N) is 3. The fourth-order valence-electron chi connectivity index (χ4n) is 4.20. The summed E-state index contributed by atoms with van der Waals surface area (Å²) in [6, 6.07) is 13.2. The molecular formula is C23H19ClN4O2. The predicted octanol–water partition coefficient (Wildman–Crippen LogP) is 3.16. The van der Waals surface area contributed by atoms with E-state index in [-0.39, 0.29) is 5.91 Å². The van der Waals surface area contributed by atoms with Crippen LogP contribution in [0.4, 0.5) is 0 Å². The molecule has 1 saturated heterocycles. The summed E-state index contributed by atoms with van der Waals surface area (Å²) in [7, 11) is 0. The van der Waals surface area contributed by atoms with E-state index in [2.05, 4.69) is 16.4 Å². The lowest BCUT2D eigenvalue weighted by Gasteiger charge is -2.29. The molecule has 1 aromatic heterocycles. The quantitative estimate of drug-likeness (QED) is 0.691. The van der Waals surface area contributed by atoms with Crippen molar-refractivity contribution in [3.05, 3.63) is 58.7 Å². The zero-order chi connectivity index (χ0) is 20.7. The van der Waals surface area contributed by atoms with Crippen LogP contribution in [0, 0.1) is 11.3 Å². The van der Waals surface area contributed by atoms with Crippen LogP contribution in [0.2, 0.25) is 5.02 Å². The third-order valence-corrected chi connectivity index (χ3v) is 5.88. The smallest absolute Gasteiger partial charge is 0.264 e. The molecule has 2 aliphatic heterocycles. The number of amides is 1. The van der Waals surface area contributed by atoms with Crippen molar-refractivity contribution in [1.82, 2.24) is 15.2 Å². The second kappa shape index (κ2) is 7.60. The van der Waals surface area contributed by atoms with E-state index in [0.717, 1.165) is 40.7 Å². The van der Waals surface area contributed by atoms with Crippen LogP contribution in [-0.2, 0) is 11.2 Å². The van der Waals surface area contributed by atoms with Crippen LogP contribution in [0.3, 0.4) is 0 Å². The normalized spacial score (nSPS) is 18.0. The molecule has 0 aliphatic carbocycles. The van der Waals surface area contributed by atoms with Gasteiger partial charge >= 0.3 is 0 Å². The summed E-state index contributed by atoms with van der Waals surface area (Å²) in [5.41, 5.74) is 3.97. The summed E-state index contributed by atoms with van der Waals surface area (Å²) in [5, 5.41) is 13.9. The Morgan fingerprint density at radius 1 is 1.20 bits per heavy atom. The first kappa shape index (κ1) is 18.9. The monoisotopic (exact) mass is 418 g/mol. The highest BCUT2D eigenvalue weighted by atomic mass is 35.5. The van der Waals surface area contributed by atoms with Gasteiger partial charge in [-0.3, -0.25) is 9.78 Å². The fourth-order valence-corrected chi connectivity index (χ4v) is 4.44. The van der Waals surface area contributed by atoms with Gasteiger partial charge in [0, 0.05) is 60.3 Å². The topological polar surface area (TPSA) is 78.2 Å². The van der Waals surface area contributed by atoms with Crippen molar-refractivity contribution in [2.24, 2.45) is 0 Å². The Hall–Kier alpha value is -3.14. The molecule has 1 amide bonds. The van der Waals surface area contributed by atoms with Crippen molar-refractivity contribution in [1.29, 1.82) is 5.26 Å². The van der Waals surface area contributed by atoms with Gasteiger partial charge in [-0.2, -0.15) is 5.26 Å². The van der Waals surface area contributed by atoms with Crippen molar-refractivity contribution in [3.63, 3.8) is 0 Å². The summed E-state index contributed by atoms with van der Waals surface area (Å²) < 4.78 is 6.21. The number of halogens is 1. The molecule has 1 atom stereocenters. The van der Waals surface area contributed by atoms with Gasteiger partial charge in [0.15, 0.2) is 6.10 Å². The molecule has 30 heavy (non-hydrogen) atoms. The maximum absolute atomic E-state index is 13.0. The SMILES string of the molecule is N#Cc1ccc2c(-c3cc(Cl)cc4c3O[C@H](C(=O)N3CCNCC3)C4)ccnc2c1. The number of fused-ring (bicyclic) bond motifs is 2. The molecule has 2 aromatic carbocycles. The lowest BCUT2D eigenvalue weighted by Crippen LogP contribution is -2.50. The number of nitriles is 1. The van der Waals surface area contributed by atoms with E-state index in [0.29, 0.717) is 35.8 Å². The molecule has 2 aliphatic rings. The van der Waals surface area contributed by atoms with Crippen molar-refractivity contribution in [2.45, 2.75) is 12.5 Å². The predicted molar refractivity (Wildman–Crippen MR) is 114 cm³/mol. The van der Waals surface area contributed by atoms with E-state index < -0.39 is 6.10 Å². The zero-order valence-corrected chi connectivity index (χ0v) is 16.9. The molecule has 6 nitrogen and oxygen atoms in total. The Kier molecular flexibility index (Phi) is 4.78. The van der Waals surface area contributed by atoms with Gasteiger partial charge in [-0.05, 0) is 35.9 Å². The van der Waals surface area contributed by atoms with Crippen LogP contribution in [-0.4, -0.2) is 48.1 Å². The van der Waals surface area contributed by atoms with E-state index in [1.54, 1.807) is 18.3 Å². The van der Waals surface area contributed by atoms with Crippen LogP contribution in [0.25, 0.3) is 22.0 Å². The van der Waals surface area contributed by atoms with Gasteiger partial charge in [-0.25, -0.2) is 0 Å².